The van der Waals surface area contributed by atoms with Gasteiger partial charge in [0.2, 0.25) is 0 Å². The Morgan fingerprint density at radius 3 is 1.44 bits per heavy atom. The van der Waals surface area contributed by atoms with Gasteiger partial charge >= 0.3 is 23.9 Å². The minimum Gasteiger partial charge on any atom is -0.426 e. The molecule has 0 bridgehead atoms. The fourth-order valence-corrected chi connectivity index (χ4v) is 4.73. The lowest BCUT2D eigenvalue weighted by molar-refractivity contribution is -0.161. The van der Waals surface area contributed by atoms with Crippen LogP contribution in [0.2, 0.25) is 0 Å². The van der Waals surface area contributed by atoms with Gasteiger partial charge in [-0.15, -0.1) is 0 Å². The van der Waals surface area contributed by atoms with Crippen molar-refractivity contribution >= 4 is 23.9 Å². The summed E-state index contributed by atoms with van der Waals surface area (Å²) in [5.74, 6) is -3.20. The highest BCUT2D eigenvalue weighted by Gasteiger charge is 2.64. The Balaban J connectivity index is 1.45. The lowest BCUT2D eigenvalue weighted by Crippen LogP contribution is -2.56. The molecule has 1 aliphatic carbocycles. The largest absolute Gasteiger partial charge is 0.426 e. The molecule has 2 heterocycles. The summed E-state index contributed by atoms with van der Waals surface area (Å²) in [5.41, 5.74) is 1.82. The van der Waals surface area contributed by atoms with Crippen LogP contribution in [0.25, 0.3) is 0 Å². The number of benzene rings is 2. The highest BCUT2D eigenvalue weighted by Crippen LogP contribution is 2.64. The van der Waals surface area contributed by atoms with Gasteiger partial charge in [0.25, 0.3) is 0 Å². The molecule has 2 aromatic carbocycles. The van der Waals surface area contributed by atoms with Gasteiger partial charge in [-0.05, 0) is 26.0 Å². The van der Waals surface area contributed by atoms with E-state index < -0.39 is 47.5 Å². The van der Waals surface area contributed by atoms with E-state index in [-0.39, 0.29) is 34.1 Å². The molecule has 8 heteroatoms. The van der Waals surface area contributed by atoms with E-state index in [0.29, 0.717) is 11.1 Å². The minimum atomic E-state index is -0.593. The molecule has 0 unspecified atom stereocenters. The van der Waals surface area contributed by atoms with Crippen molar-refractivity contribution in [3.63, 3.8) is 0 Å². The molecule has 0 atom stereocenters. The van der Waals surface area contributed by atoms with Gasteiger partial charge in [0.1, 0.15) is 23.0 Å². The highest BCUT2D eigenvalue weighted by molar-refractivity contribution is 5.92. The fraction of sp³-hybridized carbons (Fsp3) is 0.231. The summed E-state index contributed by atoms with van der Waals surface area (Å²) in [5, 5.41) is 0. The van der Waals surface area contributed by atoms with Crippen molar-refractivity contribution in [2.24, 2.45) is 11.8 Å². The molecule has 0 radical (unpaired) electrons. The Morgan fingerprint density at radius 2 is 1.09 bits per heavy atom. The predicted octanol–water partition coefficient (Wildman–Crippen LogP) is 3.60. The first-order chi connectivity index (χ1) is 16.2. The second kappa shape index (κ2) is 7.69. The number of carbonyl (C=O) groups excluding carboxylic acids is 4. The van der Waals surface area contributed by atoms with E-state index in [2.05, 4.69) is 13.2 Å². The Morgan fingerprint density at radius 1 is 0.706 bits per heavy atom. The van der Waals surface area contributed by atoms with Crippen LogP contribution >= 0.6 is 0 Å². The van der Waals surface area contributed by atoms with Crippen LogP contribution in [0.4, 0.5) is 0 Å². The van der Waals surface area contributed by atoms with Crippen LogP contribution in [0.1, 0.15) is 36.8 Å². The first-order valence-electron chi connectivity index (χ1n) is 10.6. The molecule has 3 aliphatic rings. The Kier molecular flexibility index (Phi) is 4.89. The molecular formula is C26H20O8. The van der Waals surface area contributed by atoms with E-state index in [4.69, 9.17) is 18.9 Å². The third-order valence-corrected chi connectivity index (χ3v) is 6.32. The van der Waals surface area contributed by atoms with Gasteiger partial charge in [-0.1, -0.05) is 25.3 Å². The summed E-state index contributed by atoms with van der Waals surface area (Å²) in [6.45, 7) is 10.1. The van der Waals surface area contributed by atoms with Crippen molar-refractivity contribution in [2.45, 2.75) is 25.7 Å². The standard InChI is InChI=1S/C26H20O8/c1-11(2)23(27)31-13-5-7-15-17(9-13)33-25(29)21-19(15)22-20(21)16-8-6-14(32-24(28)12(3)4)10-18(16)34-26(22)30/h5-10,19-22H,1,3H2,2,4H3/t19-,20+,21+,22-/m1/s1. The van der Waals surface area contributed by atoms with E-state index in [9.17, 15) is 19.2 Å². The molecule has 0 amide bonds. The summed E-state index contributed by atoms with van der Waals surface area (Å²) in [6.07, 6.45) is 0. The molecule has 34 heavy (non-hydrogen) atoms. The molecule has 172 valence electrons. The van der Waals surface area contributed by atoms with E-state index in [1.54, 1.807) is 24.3 Å². The fourth-order valence-electron chi connectivity index (χ4n) is 4.73. The Bertz CT molecular complexity index is 1210. The summed E-state index contributed by atoms with van der Waals surface area (Å²) >= 11 is 0. The lowest BCUT2D eigenvalue weighted by Gasteiger charge is -2.53. The molecule has 8 nitrogen and oxygen atoms in total. The maximum atomic E-state index is 12.9. The Hall–Kier alpha value is -4.20. The number of rotatable bonds is 4. The maximum absolute atomic E-state index is 12.9. The van der Waals surface area contributed by atoms with Crippen LogP contribution in [0, 0.1) is 11.8 Å². The number of fused-ring (bicyclic) bond motifs is 8. The second-order valence-electron chi connectivity index (χ2n) is 8.68. The molecule has 1 fully saturated rings. The van der Waals surface area contributed by atoms with Gasteiger partial charge in [-0.2, -0.15) is 0 Å². The normalized spacial score (nSPS) is 23.5. The van der Waals surface area contributed by atoms with Crippen molar-refractivity contribution < 1.29 is 38.1 Å². The lowest BCUT2D eigenvalue weighted by atomic mass is 9.51. The first-order valence-corrected chi connectivity index (χ1v) is 10.6. The van der Waals surface area contributed by atoms with Gasteiger partial charge in [0.05, 0.1) is 11.8 Å². The molecule has 0 saturated heterocycles. The van der Waals surface area contributed by atoms with Crippen LogP contribution in [-0.2, 0) is 19.2 Å². The molecule has 2 aromatic rings. The quantitative estimate of drug-likeness (QED) is 0.387. The van der Waals surface area contributed by atoms with Gasteiger partial charge in [0, 0.05) is 46.2 Å². The molecule has 1 saturated carbocycles. The summed E-state index contributed by atoms with van der Waals surface area (Å²) in [7, 11) is 0. The maximum Gasteiger partial charge on any atom is 0.338 e. The SMILES string of the molecule is C=C(C)C(=O)Oc1ccc2c(c1)OC(=O)[C@H]1[C@@H]2[C@H]2C(=O)Oc3cc(OC(=O)C(=C)C)ccc3[C@H]21. The third-order valence-electron chi connectivity index (χ3n) is 6.32. The minimum absolute atomic E-state index is 0.210. The number of hydrogen-bond acceptors (Lipinski definition) is 8. The predicted molar refractivity (Wildman–Crippen MR) is 118 cm³/mol. The van der Waals surface area contributed by atoms with Crippen LogP contribution < -0.4 is 18.9 Å². The zero-order valence-electron chi connectivity index (χ0n) is 18.5. The molecule has 2 aliphatic heterocycles. The highest BCUT2D eigenvalue weighted by atomic mass is 16.6. The van der Waals surface area contributed by atoms with Gasteiger partial charge in [-0.3, -0.25) is 9.59 Å². The molecular weight excluding hydrogens is 440 g/mol. The van der Waals surface area contributed by atoms with Crippen LogP contribution in [0.15, 0.2) is 60.7 Å². The zero-order chi connectivity index (χ0) is 24.3. The average Bonchev–Trinajstić information content (AvgIpc) is 2.74. The van der Waals surface area contributed by atoms with E-state index in [0.717, 1.165) is 0 Å². The van der Waals surface area contributed by atoms with Crippen molar-refractivity contribution in [3.05, 3.63) is 71.8 Å². The van der Waals surface area contributed by atoms with Crippen molar-refractivity contribution in [1.29, 1.82) is 0 Å². The second-order valence-corrected chi connectivity index (χ2v) is 8.68. The summed E-state index contributed by atoms with van der Waals surface area (Å²) < 4.78 is 21.6. The summed E-state index contributed by atoms with van der Waals surface area (Å²) in [6, 6.07) is 9.49. The van der Waals surface area contributed by atoms with Crippen LogP contribution in [-0.4, -0.2) is 23.9 Å². The van der Waals surface area contributed by atoms with Crippen molar-refractivity contribution in [2.75, 3.05) is 0 Å². The molecule has 5 rings (SSSR count). The first kappa shape index (κ1) is 21.6. The van der Waals surface area contributed by atoms with Crippen molar-refractivity contribution in [3.8, 4) is 23.0 Å². The molecule has 0 spiro atoms. The van der Waals surface area contributed by atoms with E-state index in [1.807, 2.05) is 0 Å². The molecule has 0 aromatic heterocycles. The van der Waals surface area contributed by atoms with Gasteiger partial charge in [0.15, 0.2) is 0 Å². The topological polar surface area (TPSA) is 105 Å². The van der Waals surface area contributed by atoms with Gasteiger partial charge in [-0.25, -0.2) is 9.59 Å². The zero-order valence-corrected chi connectivity index (χ0v) is 18.5. The average molecular weight is 460 g/mol. The molecule has 0 N–H and O–H groups in total. The van der Waals surface area contributed by atoms with E-state index in [1.165, 1.54) is 26.0 Å². The number of esters is 4. The number of hydrogen-bond donors (Lipinski definition) is 0. The van der Waals surface area contributed by atoms with Gasteiger partial charge < -0.3 is 18.9 Å². The van der Waals surface area contributed by atoms with Crippen LogP contribution in [0.3, 0.4) is 0 Å². The van der Waals surface area contributed by atoms with E-state index >= 15 is 0 Å². The number of ether oxygens (including phenoxy) is 4. The third kappa shape index (κ3) is 3.30. The number of carbonyl (C=O) groups is 4. The summed E-state index contributed by atoms with van der Waals surface area (Å²) in [4.78, 5) is 49.5. The monoisotopic (exact) mass is 460 g/mol. The van der Waals surface area contributed by atoms with Crippen LogP contribution in [0.5, 0.6) is 23.0 Å². The van der Waals surface area contributed by atoms with Crippen molar-refractivity contribution in [1.82, 2.24) is 0 Å². The Labute approximate surface area is 194 Å². The smallest absolute Gasteiger partial charge is 0.338 e.